The normalized spacial score (nSPS) is 14.4. The van der Waals surface area contributed by atoms with Crippen molar-refractivity contribution in [2.45, 2.75) is 13.0 Å². The van der Waals surface area contributed by atoms with E-state index in [1.54, 1.807) is 36.4 Å². The van der Waals surface area contributed by atoms with Crippen LogP contribution in [0.4, 0.5) is 10.1 Å². The third kappa shape index (κ3) is 4.86. The summed E-state index contributed by atoms with van der Waals surface area (Å²) < 4.78 is 13.0. The van der Waals surface area contributed by atoms with Crippen LogP contribution in [0.3, 0.4) is 0 Å². The van der Waals surface area contributed by atoms with Gasteiger partial charge in [-0.25, -0.2) is 4.39 Å². The molecule has 0 atom stereocenters. The molecule has 3 amide bonds. The lowest BCUT2D eigenvalue weighted by molar-refractivity contribution is -0.156. The second kappa shape index (κ2) is 8.84. The lowest BCUT2D eigenvalue weighted by atomic mass is 10.2. The van der Waals surface area contributed by atoms with Gasteiger partial charge in [0.25, 0.3) is 0 Å². The molecule has 1 N–H and O–H groups in total. The van der Waals surface area contributed by atoms with E-state index in [0.29, 0.717) is 23.8 Å². The Hall–Kier alpha value is -2.93. The molecule has 3 rings (SSSR count). The molecular weight excluding hydrogens is 385 g/mol. The number of hydrogen-bond acceptors (Lipinski definition) is 3. The van der Waals surface area contributed by atoms with Gasteiger partial charge in [0.05, 0.1) is 10.7 Å². The third-order valence-electron chi connectivity index (χ3n) is 4.44. The van der Waals surface area contributed by atoms with E-state index in [0.717, 1.165) is 5.56 Å². The summed E-state index contributed by atoms with van der Waals surface area (Å²) in [6, 6.07) is 12.7. The van der Waals surface area contributed by atoms with Crippen LogP contribution in [0.1, 0.15) is 12.0 Å². The molecule has 0 spiro atoms. The molecule has 1 fully saturated rings. The number of piperazine rings is 1. The van der Waals surface area contributed by atoms with Crippen LogP contribution in [0.25, 0.3) is 0 Å². The van der Waals surface area contributed by atoms with Crippen LogP contribution in [0, 0.1) is 5.82 Å². The summed E-state index contributed by atoms with van der Waals surface area (Å²) in [5.74, 6) is -1.91. The highest BCUT2D eigenvalue weighted by atomic mass is 35.5. The van der Waals surface area contributed by atoms with E-state index < -0.39 is 11.8 Å². The van der Waals surface area contributed by atoms with Crippen molar-refractivity contribution in [3.05, 3.63) is 64.9 Å². The molecule has 146 valence electrons. The molecule has 8 heteroatoms. The number of anilines is 1. The van der Waals surface area contributed by atoms with Gasteiger partial charge in [-0.2, -0.15) is 0 Å². The second-order valence-electron chi connectivity index (χ2n) is 6.42. The predicted octanol–water partition coefficient (Wildman–Crippen LogP) is 2.68. The van der Waals surface area contributed by atoms with Crippen molar-refractivity contribution in [3.8, 4) is 0 Å². The van der Waals surface area contributed by atoms with Gasteiger partial charge < -0.3 is 15.1 Å². The van der Waals surface area contributed by atoms with Gasteiger partial charge in [-0.15, -0.1) is 0 Å². The number of carbonyl (C=O) groups is 3. The SMILES string of the molecule is O=C(CCN1CCN(Cc2ccc(F)cc2)C(=O)C1=O)Nc1ccccc1Cl. The van der Waals surface area contributed by atoms with E-state index in [1.807, 2.05) is 0 Å². The number of amides is 3. The predicted molar refractivity (Wildman–Crippen MR) is 103 cm³/mol. The number of benzene rings is 2. The standard InChI is InChI=1S/C20H19ClFN3O3/c21-16-3-1-2-4-17(16)23-18(26)9-10-24-11-12-25(20(28)19(24)27)13-14-5-7-15(22)8-6-14/h1-8H,9-13H2,(H,23,26). The second-order valence-corrected chi connectivity index (χ2v) is 6.83. The average molecular weight is 404 g/mol. The number of para-hydroxylation sites is 1. The maximum Gasteiger partial charge on any atom is 0.312 e. The number of halogens is 2. The fourth-order valence-electron chi connectivity index (χ4n) is 2.90. The lowest BCUT2D eigenvalue weighted by Gasteiger charge is -2.33. The molecule has 2 aromatic carbocycles. The van der Waals surface area contributed by atoms with Crippen molar-refractivity contribution in [2.24, 2.45) is 0 Å². The van der Waals surface area contributed by atoms with E-state index in [-0.39, 0.29) is 31.2 Å². The van der Waals surface area contributed by atoms with Gasteiger partial charge in [0.2, 0.25) is 5.91 Å². The zero-order chi connectivity index (χ0) is 20.1. The molecule has 0 unspecified atom stereocenters. The monoisotopic (exact) mass is 403 g/mol. The fraction of sp³-hybridized carbons (Fsp3) is 0.250. The van der Waals surface area contributed by atoms with Gasteiger partial charge in [-0.05, 0) is 29.8 Å². The Morgan fingerprint density at radius 3 is 2.36 bits per heavy atom. The van der Waals surface area contributed by atoms with E-state index >= 15 is 0 Å². The highest BCUT2D eigenvalue weighted by Crippen LogP contribution is 2.20. The zero-order valence-corrected chi connectivity index (χ0v) is 15.8. The van der Waals surface area contributed by atoms with Gasteiger partial charge in [-0.3, -0.25) is 14.4 Å². The Balaban J connectivity index is 1.51. The van der Waals surface area contributed by atoms with Crippen LogP contribution < -0.4 is 5.32 Å². The summed E-state index contributed by atoms with van der Waals surface area (Å²) in [6.45, 7) is 1.08. The van der Waals surface area contributed by atoms with Gasteiger partial charge in [0.1, 0.15) is 5.82 Å². The summed E-state index contributed by atoms with van der Waals surface area (Å²) in [7, 11) is 0. The minimum Gasteiger partial charge on any atom is -0.332 e. The Morgan fingerprint density at radius 2 is 1.64 bits per heavy atom. The topological polar surface area (TPSA) is 69.7 Å². The number of nitrogens with zero attached hydrogens (tertiary/aromatic N) is 2. The molecule has 1 saturated heterocycles. The lowest BCUT2D eigenvalue weighted by Crippen LogP contribution is -2.54. The van der Waals surface area contributed by atoms with Crippen molar-refractivity contribution in [3.63, 3.8) is 0 Å². The van der Waals surface area contributed by atoms with Crippen molar-refractivity contribution in [1.82, 2.24) is 9.80 Å². The van der Waals surface area contributed by atoms with Gasteiger partial charge in [0, 0.05) is 32.6 Å². The Labute approximate surface area is 166 Å². The van der Waals surface area contributed by atoms with E-state index in [4.69, 9.17) is 11.6 Å². The molecule has 6 nitrogen and oxygen atoms in total. The summed E-state index contributed by atoms with van der Waals surface area (Å²) in [4.78, 5) is 39.5. The van der Waals surface area contributed by atoms with Crippen molar-refractivity contribution in [2.75, 3.05) is 25.0 Å². The molecule has 0 aliphatic carbocycles. The highest BCUT2D eigenvalue weighted by Gasteiger charge is 2.32. The summed E-state index contributed by atoms with van der Waals surface area (Å²) in [6.07, 6.45) is 0.0577. The summed E-state index contributed by atoms with van der Waals surface area (Å²) in [5.41, 5.74) is 1.25. The minimum absolute atomic E-state index is 0.0577. The third-order valence-corrected chi connectivity index (χ3v) is 4.77. The molecule has 1 heterocycles. The molecular formula is C20H19ClFN3O3. The molecule has 28 heavy (non-hydrogen) atoms. The summed E-state index contributed by atoms with van der Waals surface area (Å²) >= 11 is 6.00. The summed E-state index contributed by atoms with van der Waals surface area (Å²) in [5, 5.41) is 3.11. The van der Waals surface area contributed by atoms with Crippen LogP contribution in [-0.4, -0.2) is 47.2 Å². The van der Waals surface area contributed by atoms with E-state index in [9.17, 15) is 18.8 Å². The average Bonchev–Trinajstić information content (AvgIpc) is 2.68. The quantitative estimate of drug-likeness (QED) is 0.754. The molecule has 0 aromatic heterocycles. The number of nitrogens with one attached hydrogen (secondary N) is 1. The molecule has 0 radical (unpaired) electrons. The van der Waals surface area contributed by atoms with Crippen LogP contribution in [-0.2, 0) is 20.9 Å². The van der Waals surface area contributed by atoms with Gasteiger partial charge in [-0.1, -0.05) is 35.9 Å². The van der Waals surface area contributed by atoms with Gasteiger partial charge in [0.15, 0.2) is 0 Å². The van der Waals surface area contributed by atoms with Crippen molar-refractivity contribution in [1.29, 1.82) is 0 Å². The highest BCUT2D eigenvalue weighted by molar-refractivity contribution is 6.35. The molecule has 2 aromatic rings. The van der Waals surface area contributed by atoms with Gasteiger partial charge >= 0.3 is 11.8 Å². The Bertz CT molecular complexity index is 889. The maximum absolute atomic E-state index is 13.0. The van der Waals surface area contributed by atoms with E-state index in [1.165, 1.54) is 21.9 Å². The molecule has 1 aliphatic heterocycles. The Kier molecular flexibility index (Phi) is 6.26. The van der Waals surface area contributed by atoms with E-state index in [2.05, 4.69) is 5.32 Å². The minimum atomic E-state index is -0.640. The smallest absolute Gasteiger partial charge is 0.312 e. The van der Waals surface area contributed by atoms with Crippen molar-refractivity contribution >= 4 is 35.0 Å². The number of rotatable bonds is 6. The molecule has 0 saturated carbocycles. The first-order valence-corrected chi connectivity index (χ1v) is 9.19. The first kappa shape index (κ1) is 19.8. The zero-order valence-electron chi connectivity index (χ0n) is 15.0. The first-order chi connectivity index (χ1) is 13.4. The number of carbonyl (C=O) groups excluding carboxylic acids is 3. The maximum atomic E-state index is 13.0. The van der Waals surface area contributed by atoms with Crippen molar-refractivity contribution < 1.29 is 18.8 Å². The molecule has 0 bridgehead atoms. The van der Waals surface area contributed by atoms with Crippen LogP contribution in [0.2, 0.25) is 5.02 Å². The largest absolute Gasteiger partial charge is 0.332 e. The van der Waals surface area contributed by atoms with Crippen LogP contribution in [0.5, 0.6) is 0 Å². The van der Waals surface area contributed by atoms with Crippen LogP contribution in [0.15, 0.2) is 48.5 Å². The molecule has 1 aliphatic rings. The van der Waals surface area contributed by atoms with Crippen LogP contribution >= 0.6 is 11.6 Å². The first-order valence-electron chi connectivity index (χ1n) is 8.81. The fourth-order valence-corrected chi connectivity index (χ4v) is 3.08. The number of hydrogen-bond donors (Lipinski definition) is 1. The Morgan fingerprint density at radius 1 is 1.00 bits per heavy atom.